The maximum absolute atomic E-state index is 11.4. The first-order valence-electron chi connectivity index (χ1n) is 6.16. The Morgan fingerprint density at radius 3 is 2.25 bits per heavy atom. The summed E-state index contributed by atoms with van der Waals surface area (Å²) < 4.78 is 28.4. The first kappa shape index (κ1) is 14.9. The Labute approximate surface area is 124 Å². The summed E-state index contributed by atoms with van der Waals surface area (Å²) in [6.07, 6.45) is 2.04. The molecule has 106 valence electrons. The minimum absolute atomic E-state index is 0.269. The van der Waals surface area contributed by atoms with E-state index in [-0.39, 0.29) is 4.90 Å². The van der Waals surface area contributed by atoms with Crippen LogP contribution in [0.25, 0.3) is 0 Å². The van der Waals surface area contributed by atoms with Crippen LogP contribution in [0.1, 0.15) is 12.5 Å². The molecule has 20 heavy (non-hydrogen) atoms. The van der Waals surface area contributed by atoms with E-state index in [1.54, 1.807) is 18.2 Å². The van der Waals surface area contributed by atoms with Crippen LogP contribution in [-0.4, -0.2) is 14.7 Å². The summed E-state index contributed by atoms with van der Waals surface area (Å²) in [4.78, 5) is 0.269. The molecule has 0 aliphatic rings. The summed E-state index contributed by atoms with van der Waals surface area (Å²) in [5, 5.41) is 0.618. The van der Waals surface area contributed by atoms with Crippen LogP contribution in [0.4, 0.5) is 0 Å². The summed E-state index contributed by atoms with van der Waals surface area (Å²) in [5.74, 6) is 1.21. The zero-order valence-corrected chi connectivity index (χ0v) is 12.8. The molecule has 0 spiro atoms. The van der Waals surface area contributed by atoms with E-state index < -0.39 is 9.84 Å². The monoisotopic (exact) mass is 310 g/mol. The smallest absolute Gasteiger partial charge is 0.175 e. The van der Waals surface area contributed by atoms with E-state index >= 15 is 0 Å². The lowest BCUT2D eigenvalue weighted by atomic mass is 10.1. The second-order valence-electron chi connectivity index (χ2n) is 4.49. The maximum Gasteiger partial charge on any atom is 0.175 e. The van der Waals surface area contributed by atoms with E-state index in [1.807, 2.05) is 19.1 Å². The van der Waals surface area contributed by atoms with Gasteiger partial charge in [0.1, 0.15) is 11.5 Å². The average molecular weight is 311 g/mol. The number of hydrogen-bond acceptors (Lipinski definition) is 3. The van der Waals surface area contributed by atoms with Gasteiger partial charge in [0, 0.05) is 11.3 Å². The number of benzene rings is 2. The first-order valence-corrected chi connectivity index (χ1v) is 8.43. The van der Waals surface area contributed by atoms with Crippen molar-refractivity contribution in [2.75, 3.05) is 6.26 Å². The number of ether oxygens (including phenoxy) is 1. The topological polar surface area (TPSA) is 43.4 Å². The van der Waals surface area contributed by atoms with Crippen LogP contribution in [-0.2, 0) is 16.3 Å². The van der Waals surface area contributed by atoms with E-state index in [9.17, 15) is 8.42 Å². The highest BCUT2D eigenvalue weighted by Gasteiger charge is 2.07. The van der Waals surface area contributed by atoms with E-state index in [0.29, 0.717) is 16.5 Å². The molecular weight excluding hydrogens is 296 g/mol. The van der Waals surface area contributed by atoms with E-state index in [1.165, 1.54) is 18.4 Å². The van der Waals surface area contributed by atoms with Crippen molar-refractivity contribution >= 4 is 21.4 Å². The highest BCUT2D eigenvalue weighted by Crippen LogP contribution is 2.27. The molecule has 0 heterocycles. The average Bonchev–Trinajstić information content (AvgIpc) is 2.37. The highest BCUT2D eigenvalue weighted by atomic mass is 35.5. The third-order valence-corrected chi connectivity index (χ3v) is 4.17. The Morgan fingerprint density at radius 1 is 1.05 bits per heavy atom. The molecular formula is C15H15ClO3S. The fraction of sp³-hybridized carbons (Fsp3) is 0.200. The van der Waals surface area contributed by atoms with Crippen molar-refractivity contribution in [2.45, 2.75) is 18.2 Å². The molecule has 0 fully saturated rings. The minimum Gasteiger partial charge on any atom is -0.457 e. The fourth-order valence-corrected chi connectivity index (χ4v) is 2.65. The minimum atomic E-state index is -3.19. The van der Waals surface area contributed by atoms with Gasteiger partial charge in [0.05, 0.1) is 4.90 Å². The summed E-state index contributed by atoms with van der Waals surface area (Å²) in [5.41, 5.74) is 1.08. The van der Waals surface area contributed by atoms with E-state index in [0.717, 1.165) is 12.0 Å². The van der Waals surface area contributed by atoms with Crippen molar-refractivity contribution in [1.29, 1.82) is 0 Å². The summed E-state index contributed by atoms with van der Waals surface area (Å²) in [6, 6.07) is 11.8. The van der Waals surface area contributed by atoms with Gasteiger partial charge >= 0.3 is 0 Å². The Bertz CT molecular complexity index is 706. The van der Waals surface area contributed by atoms with Gasteiger partial charge < -0.3 is 4.74 Å². The number of hydrogen-bond donors (Lipinski definition) is 0. The number of halogens is 1. The second-order valence-corrected chi connectivity index (χ2v) is 6.95. The standard InChI is InChI=1S/C15H15ClO3S/c1-3-11-8-12(16)10-14(9-11)19-13-4-6-15(7-5-13)20(2,17)18/h4-10H,3H2,1-2H3. The first-order chi connectivity index (χ1) is 9.38. The van der Waals surface area contributed by atoms with Gasteiger partial charge in [0.25, 0.3) is 0 Å². The van der Waals surface area contributed by atoms with E-state index in [2.05, 4.69) is 0 Å². The van der Waals surface area contributed by atoms with Gasteiger partial charge in [0.15, 0.2) is 9.84 Å². The fourth-order valence-electron chi connectivity index (χ4n) is 1.77. The van der Waals surface area contributed by atoms with Crippen molar-refractivity contribution in [2.24, 2.45) is 0 Å². The van der Waals surface area contributed by atoms with E-state index in [4.69, 9.17) is 16.3 Å². The third kappa shape index (κ3) is 3.74. The van der Waals surface area contributed by atoms with Gasteiger partial charge in [-0.15, -0.1) is 0 Å². The van der Waals surface area contributed by atoms with Crippen LogP contribution in [0.2, 0.25) is 5.02 Å². The highest BCUT2D eigenvalue weighted by molar-refractivity contribution is 7.90. The SMILES string of the molecule is CCc1cc(Cl)cc(Oc2ccc(S(C)(=O)=O)cc2)c1. The summed E-state index contributed by atoms with van der Waals surface area (Å²) in [6.45, 7) is 2.04. The number of sulfone groups is 1. The van der Waals surface area contributed by atoms with Gasteiger partial charge in [-0.2, -0.15) is 0 Å². The van der Waals surface area contributed by atoms with Crippen molar-refractivity contribution in [3.8, 4) is 11.5 Å². The molecule has 0 aliphatic heterocycles. The molecule has 0 unspecified atom stereocenters. The van der Waals surface area contributed by atoms with Crippen LogP contribution in [0, 0.1) is 0 Å². The largest absolute Gasteiger partial charge is 0.457 e. The molecule has 0 saturated heterocycles. The maximum atomic E-state index is 11.4. The van der Waals surface area contributed by atoms with Crippen LogP contribution in [0.3, 0.4) is 0 Å². The summed E-state index contributed by atoms with van der Waals surface area (Å²) >= 11 is 6.02. The number of rotatable bonds is 4. The molecule has 0 atom stereocenters. The van der Waals surface area contributed by atoms with Crippen LogP contribution < -0.4 is 4.74 Å². The molecule has 0 radical (unpaired) electrons. The van der Waals surface area contributed by atoms with Crippen LogP contribution in [0.15, 0.2) is 47.4 Å². The Morgan fingerprint density at radius 2 is 1.70 bits per heavy atom. The third-order valence-electron chi connectivity index (χ3n) is 2.83. The molecule has 5 heteroatoms. The van der Waals surface area contributed by atoms with Gasteiger partial charge in [0.2, 0.25) is 0 Å². The lowest BCUT2D eigenvalue weighted by Gasteiger charge is -2.08. The van der Waals surface area contributed by atoms with Crippen molar-refractivity contribution in [3.63, 3.8) is 0 Å². The zero-order valence-electron chi connectivity index (χ0n) is 11.3. The molecule has 2 aromatic carbocycles. The van der Waals surface area contributed by atoms with Gasteiger partial charge in [-0.05, 0) is 54.4 Å². The lowest BCUT2D eigenvalue weighted by molar-refractivity contribution is 0.481. The predicted molar refractivity (Wildman–Crippen MR) is 80.5 cm³/mol. The quantitative estimate of drug-likeness (QED) is 0.854. The molecule has 0 amide bonds. The van der Waals surface area contributed by atoms with Crippen LogP contribution >= 0.6 is 11.6 Å². The molecule has 2 aromatic rings. The molecule has 0 N–H and O–H groups in total. The van der Waals surface area contributed by atoms with Crippen molar-refractivity contribution in [1.82, 2.24) is 0 Å². The van der Waals surface area contributed by atoms with Gasteiger partial charge in [-0.3, -0.25) is 0 Å². The van der Waals surface area contributed by atoms with Gasteiger partial charge in [-0.1, -0.05) is 18.5 Å². The number of aryl methyl sites for hydroxylation is 1. The Balaban J connectivity index is 2.24. The normalized spacial score (nSPS) is 11.3. The second kappa shape index (κ2) is 5.85. The molecule has 0 saturated carbocycles. The van der Waals surface area contributed by atoms with Crippen molar-refractivity contribution < 1.29 is 13.2 Å². The summed E-state index contributed by atoms with van der Waals surface area (Å²) in [7, 11) is -3.19. The Hall–Kier alpha value is -1.52. The molecule has 3 nitrogen and oxygen atoms in total. The van der Waals surface area contributed by atoms with Crippen molar-refractivity contribution in [3.05, 3.63) is 53.1 Å². The van der Waals surface area contributed by atoms with Gasteiger partial charge in [-0.25, -0.2) is 8.42 Å². The zero-order chi connectivity index (χ0) is 14.8. The molecule has 0 bridgehead atoms. The lowest BCUT2D eigenvalue weighted by Crippen LogP contribution is -1.96. The Kier molecular flexibility index (Phi) is 4.35. The molecule has 2 rings (SSSR count). The van der Waals surface area contributed by atoms with Crippen LogP contribution in [0.5, 0.6) is 11.5 Å². The molecule has 0 aliphatic carbocycles. The molecule has 0 aromatic heterocycles. The predicted octanol–water partition coefficient (Wildman–Crippen LogP) is 4.10.